The Morgan fingerprint density at radius 2 is 2.08 bits per heavy atom. The summed E-state index contributed by atoms with van der Waals surface area (Å²) in [5.74, 6) is 0.329. The zero-order valence-electron chi connectivity index (χ0n) is 6.78. The molecule has 1 heterocycles. The largest absolute Gasteiger partial charge is 0.508 e. The molecule has 60 valence electrons. The minimum atomic E-state index is 0.329. The zero-order chi connectivity index (χ0) is 8.55. The van der Waals surface area contributed by atoms with Crippen LogP contribution in [0.1, 0.15) is 5.56 Å². The number of pyridine rings is 1. The topological polar surface area (TPSA) is 33.1 Å². The van der Waals surface area contributed by atoms with Crippen LogP contribution in [0.15, 0.2) is 30.6 Å². The quantitative estimate of drug-likeness (QED) is 0.639. The summed E-state index contributed by atoms with van der Waals surface area (Å²) in [4.78, 5) is 3.97. The Morgan fingerprint density at radius 1 is 1.25 bits per heavy atom. The van der Waals surface area contributed by atoms with Gasteiger partial charge in [-0.25, -0.2) is 0 Å². The number of aryl methyl sites for hydroxylation is 1. The second kappa shape index (κ2) is 2.48. The average molecular weight is 159 g/mol. The van der Waals surface area contributed by atoms with Gasteiger partial charge in [0.1, 0.15) is 5.75 Å². The number of aromatic nitrogens is 1. The summed E-state index contributed by atoms with van der Waals surface area (Å²) in [6, 6.07) is 5.62. The summed E-state index contributed by atoms with van der Waals surface area (Å²) in [6.07, 6.45) is 3.49. The van der Waals surface area contributed by atoms with Crippen molar-refractivity contribution in [2.45, 2.75) is 6.92 Å². The lowest BCUT2D eigenvalue weighted by molar-refractivity contribution is 0.472. The molecule has 0 aliphatic rings. The Morgan fingerprint density at radius 3 is 2.92 bits per heavy atom. The van der Waals surface area contributed by atoms with Gasteiger partial charge in [-0.05, 0) is 36.1 Å². The van der Waals surface area contributed by atoms with Crippen molar-refractivity contribution in [3.63, 3.8) is 0 Å². The van der Waals surface area contributed by atoms with E-state index < -0.39 is 0 Å². The van der Waals surface area contributed by atoms with Crippen LogP contribution in [0.4, 0.5) is 0 Å². The maximum absolute atomic E-state index is 9.39. The van der Waals surface area contributed by atoms with E-state index in [4.69, 9.17) is 0 Å². The monoisotopic (exact) mass is 159 g/mol. The molecule has 0 radical (unpaired) electrons. The van der Waals surface area contributed by atoms with E-state index in [0.29, 0.717) is 5.75 Å². The van der Waals surface area contributed by atoms with Gasteiger partial charge in [-0.1, -0.05) is 0 Å². The molecule has 2 heteroatoms. The van der Waals surface area contributed by atoms with Crippen LogP contribution in [0, 0.1) is 6.92 Å². The summed E-state index contributed by atoms with van der Waals surface area (Å²) >= 11 is 0. The van der Waals surface area contributed by atoms with Gasteiger partial charge in [-0.2, -0.15) is 0 Å². The molecule has 0 saturated heterocycles. The standard InChI is InChI=1S/C10H9NO/c1-7-4-8-2-3-11-6-9(8)5-10(7)12/h2-6,12H,1H3. The smallest absolute Gasteiger partial charge is 0.119 e. The number of hydrogen-bond acceptors (Lipinski definition) is 2. The molecule has 12 heavy (non-hydrogen) atoms. The van der Waals surface area contributed by atoms with Gasteiger partial charge in [0.05, 0.1) is 0 Å². The number of aromatic hydroxyl groups is 1. The van der Waals surface area contributed by atoms with E-state index in [1.54, 1.807) is 18.5 Å². The zero-order valence-corrected chi connectivity index (χ0v) is 6.78. The fourth-order valence-electron chi connectivity index (χ4n) is 1.24. The van der Waals surface area contributed by atoms with Gasteiger partial charge >= 0.3 is 0 Å². The first kappa shape index (κ1) is 7.10. The fraction of sp³-hybridized carbons (Fsp3) is 0.100. The van der Waals surface area contributed by atoms with Crippen LogP contribution < -0.4 is 0 Å². The van der Waals surface area contributed by atoms with Gasteiger partial charge in [0.15, 0.2) is 0 Å². The van der Waals surface area contributed by atoms with Gasteiger partial charge in [0, 0.05) is 17.8 Å². The summed E-state index contributed by atoms with van der Waals surface area (Å²) in [6.45, 7) is 1.88. The molecule has 0 saturated carbocycles. The molecule has 0 fully saturated rings. The van der Waals surface area contributed by atoms with Crippen LogP contribution in [0.5, 0.6) is 5.75 Å². The Bertz CT molecular complexity index is 383. The SMILES string of the molecule is Cc1cc2ccncc2cc1O. The molecular formula is C10H9NO. The van der Waals surface area contributed by atoms with Crippen LogP contribution >= 0.6 is 0 Å². The van der Waals surface area contributed by atoms with Crippen molar-refractivity contribution < 1.29 is 5.11 Å². The number of fused-ring (bicyclic) bond motifs is 1. The summed E-state index contributed by atoms with van der Waals surface area (Å²) < 4.78 is 0. The third kappa shape index (κ3) is 1.01. The molecule has 0 atom stereocenters. The second-order valence-electron chi connectivity index (χ2n) is 2.86. The number of rotatable bonds is 0. The second-order valence-corrected chi connectivity index (χ2v) is 2.86. The van der Waals surface area contributed by atoms with Crippen molar-refractivity contribution in [3.05, 3.63) is 36.2 Å². The van der Waals surface area contributed by atoms with Gasteiger partial charge in [0.2, 0.25) is 0 Å². The van der Waals surface area contributed by atoms with E-state index in [2.05, 4.69) is 4.98 Å². The Labute approximate surface area is 70.5 Å². The number of benzene rings is 1. The highest BCUT2D eigenvalue weighted by Crippen LogP contribution is 2.22. The highest BCUT2D eigenvalue weighted by molar-refractivity contribution is 5.83. The summed E-state index contributed by atoms with van der Waals surface area (Å²) in [7, 11) is 0. The van der Waals surface area contributed by atoms with Crippen molar-refractivity contribution in [1.82, 2.24) is 4.98 Å². The molecule has 0 bridgehead atoms. The van der Waals surface area contributed by atoms with Crippen LogP contribution in [0.2, 0.25) is 0 Å². The summed E-state index contributed by atoms with van der Waals surface area (Å²) in [5.41, 5.74) is 0.897. The molecule has 0 aliphatic heterocycles. The molecule has 2 aromatic rings. The number of hydrogen-bond donors (Lipinski definition) is 1. The van der Waals surface area contributed by atoms with Crippen LogP contribution in [-0.2, 0) is 0 Å². The minimum absolute atomic E-state index is 0.329. The van der Waals surface area contributed by atoms with E-state index in [9.17, 15) is 5.11 Å². The Kier molecular flexibility index (Phi) is 1.47. The molecule has 0 aliphatic carbocycles. The number of nitrogens with zero attached hydrogens (tertiary/aromatic N) is 1. The summed E-state index contributed by atoms with van der Waals surface area (Å²) in [5, 5.41) is 11.5. The minimum Gasteiger partial charge on any atom is -0.508 e. The molecule has 1 aromatic heterocycles. The first-order valence-electron chi connectivity index (χ1n) is 3.81. The van der Waals surface area contributed by atoms with E-state index in [1.807, 2.05) is 19.1 Å². The third-order valence-corrected chi connectivity index (χ3v) is 1.96. The Balaban J connectivity index is 2.84. The lowest BCUT2D eigenvalue weighted by Gasteiger charge is -2.00. The van der Waals surface area contributed by atoms with Gasteiger partial charge in [-0.15, -0.1) is 0 Å². The molecule has 1 N–H and O–H groups in total. The van der Waals surface area contributed by atoms with Gasteiger partial charge < -0.3 is 5.11 Å². The first-order chi connectivity index (χ1) is 5.77. The van der Waals surface area contributed by atoms with Crippen molar-refractivity contribution in [2.75, 3.05) is 0 Å². The lowest BCUT2D eigenvalue weighted by Crippen LogP contribution is -1.78. The van der Waals surface area contributed by atoms with Crippen LogP contribution in [0.25, 0.3) is 10.8 Å². The molecule has 2 rings (SSSR count). The highest BCUT2D eigenvalue weighted by atomic mass is 16.3. The first-order valence-corrected chi connectivity index (χ1v) is 3.81. The molecule has 0 spiro atoms. The third-order valence-electron chi connectivity index (χ3n) is 1.96. The Hall–Kier alpha value is -1.57. The average Bonchev–Trinajstić information content (AvgIpc) is 2.07. The molecule has 1 aromatic carbocycles. The molecular weight excluding hydrogens is 150 g/mol. The van der Waals surface area contributed by atoms with Gasteiger partial charge in [0.25, 0.3) is 0 Å². The van der Waals surface area contributed by atoms with E-state index in [-0.39, 0.29) is 0 Å². The maximum atomic E-state index is 9.39. The van der Waals surface area contributed by atoms with Gasteiger partial charge in [-0.3, -0.25) is 4.98 Å². The fourth-order valence-corrected chi connectivity index (χ4v) is 1.24. The van der Waals surface area contributed by atoms with E-state index in [0.717, 1.165) is 16.3 Å². The molecule has 2 nitrogen and oxygen atoms in total. The van der Waals surface area contributed by atoms with Crippen molar-refractivity contribution in [3.8, 4) is 5.75 Å². The lowest BCUT2D eigenvalue weighted by atomic mass is 10.1. The van der Waals surface area contributed by atoms with Crippen molar-refractivity contribution in [1.29, 1.82) is 0 Å². The van der Waals surface area contributed by atoms with E-state index in [1.165, 1.54) is 0 Å². The maximum Gasteiger partial charge on any atom is 0.119 e. The van der Waals surface area contributed by atoms with E-state index >= 15 is 0 Å². The normalized spacial score (nSPS) is 10.4. The van der Waals surface area contributed by atoms with Crippen molar-refractivity contribution in [2.24, 2.45) is 0 Å². The predicted octanol–water partition coefficient (Wildman–Crippen LogP) is 2.25. The van der Waals surface area contributed by atoms with Crippen molar-refractivity contribution >= 4 is 10.8 Å². The van der Waals surface area contributed by atoms with Crippen LogP contribution in [0.3, 0.4) is 0 Å². The highest BCUT2D eigenvalue weighted by Gasteiger charge is 1.97. The number of phenolic OH excluding ortho intramolecular Hbond substituents is 1. The predicted molar refractivity (Wildman–Crippen MR) is 48.1 cm³/mol. The molecule has 0 amide bonds. The molecule has 0 unspecified atom stereocenters. The van der Waals surface area contributed by atoms with Crippen LogP contribution in [-0.4, -0.2) is 10.1 Å². The number of phenols is 1.